The molecule has 0 amide bonds. The summed E-state index contributed by atoms with van der Waals surface area (Å²) < 4.78 is 1.86. The first-order chi connectivity index (χ1) is 28.9. The van der Waals surface area contributed by atoms with Crippen LogP contribution in [0.2, 0.25) is 0 Å². The summed E-state index contributed by atoms with van der Waals surface area (Å²) >= 11 is 0. The fourth-order valence-corrected chi connectivity index (χ4v) is 10.0. The van der Waals surface area contributed by atoms with Crippen LogP contribution in [0.15, 0.2) is 71.7 Å². The van der Waals surface area contributed by atoms with Gasteiger partial charge in [-0.2, -0.15) is 0 Å². The predicted molar refractivity (Wildman–Crippen MR) is 251 cm³/mol. The van der Waals surface area contributed by atoms with Crippen molar-refractivity contribution in [1.29, 1.82) is 0 Å². The highest BCUT2D eigenvalue weighted by atomic mass is 16.3. The molecule has 0 aliphatic carbocycles. The van der Waals surface area contributed by atoms with Gasteiger partial charge in [-0.1, -0.05) is 0 Å². The van der Waals surface area contributed by atoms with Crippen LogP contribution in [0.25, 0.3) is 44.3 Å². The van der Waals surface area contributed by atoms with Gasteiger partial charge in [0.2, 0.25) is 0 Å². The number of hydrogen-bond donors (Lipinski definition) is 4. The monoisotopic (exact) mass is 841 g/mol. The highest BCUT2D eigenvalue weighted by Gasteiger charge is 2.41. The number of hydrogen-bond acceptors (Lipinski definition) is 12. The zero-order valence-electron chi connectivity index (χ0n) is 38.7. The maximum Gasteiger partial charge on any atom is 0.189 e. The topological polar surface area (TPSA) is 157 Å². The number of aryl methyl sites for hydroxylation is 3. The van der Waals surface area contributed by atoms with Crippen LogP contribution in [-0.2, 0) is 7.05 Å². The molecular weight excluding hydrogens is 777 g/mol. The second-order valence-corrected chi connectivity index (χ2v) is 20.3. The van der Waals surface area contributed by atoms with Gasteiger partial charge in [0.25, 0.3) is 0 Å². The van der Waals surface area contributed by atoms with Crippen molar-refractivity contribution in [2.45, 2.75) is 129 Å². The molecule has 6 aromatic rings. The third-order valence-corrected chi connectivity index (χ3v) is 12.6. The van der Waals surface area contributed by atoms with Gasteiger partial charge in [-0.05, 0) is 155 Å². The number of benzene rings is 2. The van der Waals surface area contributed by atoms with E-state index in [0.717, 1.165) is 65.0 Å². The smallest absolute Gasteiger partial charge is 0.189 e. The number of anilines is 2. The van der Waals surface area contributed by atoms with Crippen LogP contribution in [0.5, 0.6) is 11.5 Å². The van der Waals surface area contributed by atoms with Crippen molar-refractivity contribution < 1.29 is 10.2 Å². The lowest BCUT2D eigenvalue weighted by molar-refractivity contribution is 0.160. The molecular formula is C49H64N10O3. The molecule has 0 atom stereocenters. The number of phenols is 2. The minimum absolute atomic E-state index is 0.0214. The van der Waals surface area contributed by atoms with Gasteiger partial charge in [0.05, 0.1) is 22.4 Å². The standard InChI is InChI=1S/C25H33N5O.C24H31N5O2/c1-15-10-17-11-22(31)19(12-21(17)26-16(15)2)20-8-9-23(28-27-20)30(7)18-13-24(3,4)29-25(5,6)14-18;1-23(2)13-15(14-24(3,4)27-23)29(6)22-8-7-18(25-26-22)16-11-19-17(12-21(16)31)20(30)9-10-28(19)5/h8-12,18,29,31H,13-14H2,1-7H3;7-12,15,27,31H,13-14H2,1-6H3. The van der Waals surface area contributed by atoms with Gasteiger partial charge < -0.3 is 35.2 Å². The van der Waals surface area contributed by atoms with E-state index in [-0.39, 0.29) is 39.1 Å². The highest BCUT2D eigenvalue weighted by molar-refractivity contribution is 5.88. The molecule has 2 fully saturated rings. The van der Waals surface area contributed by atoms with E-state index in [1.165, 1.54) is 12.1 Å². The first-order valence-electron chi connectivity index (χ1n) is 21.6. The maximum absolute atomic E-state index is 12.1. The van der Waals surface area contributed by atoms with Crippen LogP contribution < -0.4 is 25.9 Å². The van der Waals surface area contributed by atoms with Gasteiger partial charge in [0, 0.05) is 95.2 Å². The lowest BCUT2D eigenvalue weighted by Crippen LogP contribution is -2.62. The third kappa shape index (κ3) is 9.53. The van der Waals surface area contributed by atoms with Crippen molar-refractivity contribution in [2.24, 2.45) is 7.05 Å². The van der Waals surface area contributed by atoms with Crippen LogP contribution in [0.3, 0.4) is 0 Å². The SMILES string of the molecule is CN(c1ccc(-c2cc3c(cc2O)c(=O)ccn3C)nn1)C1CC(C)(C)NC(C)(C)C1.Cc1cc2cc(O)c(-c3ccc(N(C)C4CC(C)(C)NC(C)(C)C4)nn3)cc2nc1C. The third-order valence-electron chi connectivity index (χ3n) is 12.6. The van der Waals surface area contributed by atoms with Crippen LogP contribution >= 0.6 is 0 Å². The van der Waals surface area contributed by atoms with E-state index >= 15 is 0 Å². The lowest BCUT2D eigenvalue weighted by atomic mass is 9.79. The minimum Gasteiger partial charge on any atom is -0.507 e. The van der Waals surface area contributed by atoms with Gasteiger partial charge in [0.15, 0.2) is 17.1 Å². The summed E-state index contributed by atoms with van der Waals surface area (Å²) in [6.45, 7) is 22.0. The average Bonchev–Trinajstić information content (AvgIpc) is 3.17. The summed E-state index contributed by atoms with van der Waals surface area (Å²) in [6.07, 6.45) is 5.81. The number of phenolic OH excluding ortho intramolecular Hbond substituents is 2. The summed E-state index contributed by atoms with van der Waals surface area (Å²) in [5.74, 6) is 1.85. The Bertz CT molecular complexity index is 2640. The Morgan fingerprint density at radius 1 is 0.645 bits per heavy atom. The Morgan fingerprint density at radius 2 is 1.11 bits per heavy atom. The lowest BCUT2D eigenvalue weighted by Gasteiger charge is -2.49. The van der Waals surface area contributed by atoms with E-state index in [4.69, 9.17) is 0 Å². The zero-order valence-corrected chi connectivity index (χ0v) is 38.7. The highest BCUT2D eigenvalue weighted by Crippen LogP contribution is 2.37. The number of fused-ring (bicyclic) bond motifs is 2. The van der Waals surface area contributed by atoms with E-state index < -0.39 is 0 Å². The second kappa shape index (κ2) is 16.2. The Hall–Kier alpha value is -5.66. The number of nitrogens with one attached hydrogen (secondary N) is 2. The normalized spacial score (nSPS) is 18.3. The van der Waals surface area contributed by atoms with E-state index in [0.29, 0.717) is 40.0 Å². The molecule has 328 valence electrons. The number of aromatic nitrogens is 6. The van der Waals surface area contributed by atoms with Crippen LogP contribution in [0.4, 0.5) is 11.6 Å². The summed E-state index contributed by atoms with van der Waals surface area (Å²) in [5.41, 5.74) is 6.18. The Morgan fingerprint density at radius 3 is 1.58 bits per heavy atom. The molecule has 2 aromatic carbocycles. The number of aromatic hydroxyl groups is 2. The minimum atomic E-state index is -0.120. The van der Waals surface area contributed by atoms with E-state index in [1.807, 2.05) is 61.9 Å². The average molecular weight is 841 g/mol. The zero-order chi connectivity index (χ0) is 45.1. The fourth-order valence-electron chi connectivity index (χ4n) is 10.0. The molecule has 0 saturated carbocycles. The summed E-state index contributed by atoms with van der Waals surface area (Å²) in [6, 6.07) is 18.9. The van der Waals surface area contributed by atoms with E-state index in [9.17, 15) is 15.0 Å². The molecule has 4 aromatic heterocycles. The molecule has 62 heavy (non-hydrogen) atoms. The van der Waals surface area contributed by atoms with Crippen molar-refractivity contribution in [3.8, 4) is 34.0 Å². The molecule has 13 nitrogen and oxygen atoms in total. The molecule has 4 N–H and O–H groups in total. The van der Waals surface area contributed by atoms with Crippen LogP contribution in [0.1, 0.15) is 92.3 Å². The molecule has 0 unspecified atom stereocenters. The Kier molecular flexibility index (Phi) is 11.6. The van der Waals surface area contributed by atoms with Gasteiger partial charge in [0.1, 0.15) is 11.5 Å². The van der Waals surface area contributed by atoms with Crippen LogP contribution in [0, 0.1) is 13.8 Å². The van der Waals surface area contributed by atoms with Gasteiger partial charge >= 0.3 is 0 Å². The van der Waals surface area contributed by atoms with Crippen molar-refractivity contribution >= 4 is 33.4 Å². The van der Waals surface area contributed by atoms with Gasteiger partial charge in [-0.15, -0.1) is 20.4 Å². The number of nitrogens with zero attached hydrogens (tertiary/aromatic N) is 8. The number of pyridine rings is 2. The Balaban J connectivity index is 0.000000186. The number of piperidine rings is 2. The first kappa shape index (κ1) is 44.4. The Labute approximate surface area is 365 Å². The molecule has 2 aliphatic rings. The summed E-state index contributed by atoms with van der Waals surface area (Å²) in [5, 5.41) is 47.8. The molecule has 8 rings (SSSR count). The van der Waals surface area contributed by atoms with Crippen LogP contribution in [-0.4, -0.2) is 88.5 Å². The van der Waals surface area contributed by atoms with E-state index in [2.05, 4.69) is 115 Å². The number of rotatable bonds is 6. The van der Waals surface area contributed by atoms with Crippen molar-refractivity contribution in [3.05, 3.63) is 88.3 Å². The molecule has 2 saturated heterocycles. The fraction of sp³-hybridized carbons (Fsp3) is 0.469. The maximum atomic E-state index is 12.1. The van der Waals surface area contributed by atoms with Gasteiger partial charge in [-0.25, -0.2) is 0 Å². The molecule has 0 bridgehead atoms. The van der Waals surface area contributed by atoms with Crippen molar-refractivity contribution in [3.63, 3.8) is 0 Å². The summed E-state index contributed by atoms with van der Waals surface area (Å²) in [7, 11) is 6.03. The summed E-state index contributed by atoms with van der Waals surface area (Å²) in [4.78, 5) is 21.2. The van der Waals surface area contributed by atoms with Crippen molar-refractivity contribution in [2.75, 3.05) is 23.9 Å². The molecule has 2 aliphatic heterocycles. The van der Waals surface area contributed by atoms with Crippen molar-refractivity contribution in [1.82, 2.24) is 40.6 Å². The predicted octanol–water partition coefficient (Wildman–Crippen LogP) is 8.21. The molecule has 13 heteroatoms. The second-order valence-electron chi connectivity index (χ2n) is 20.3. The molecule has 0 spiro atoms. The first-order valence-corrected chi connectivity index (χ1v) is 21.6. The largest absolute Gasteiger partial charge is 0.507 e. The molecule has 6 heterocycles. The molecule has 0 radical (unpaired) electrons. The van der Waals surface area contributed by atoms with E-state index in [1.54, 1.807) is 18.3 Å². The quantitative estimate of drug-likeness (QED) is 0.128. The van der Waals surface area contributed by atoms with Gasteiger partial charge in [-0.3, -0.25) is 9.78 Å².